The van der Waals surface area contributed by atoms with E-state index in [1.54, 1.807) is 0 Å². The fourth-order valence-corrected chi connectivity index (χ4v) is 1.14. The molecule has 64 valence electrons. The highest BCUT2D eigenvalue weighted by molar-refractivity contribution is 4.94. The van der Waals surface area contributed by atoms with Crippen LogP contribution >= 0.6 is 0 Å². The van der Waals surface area contributed by atoms with Gasteiger partial charge in [-0.1, -0.05) is 25.5 Å². The molecule has 0 spiro atoms. The molecule has 2 nitrogen and oxygen atoms in total. The van der Waals surface area contributed by atoms with E-state index in [0.717, 1.165) is 19.8 Å². The lowest BCUT2D eigenvalue weighted by Gasteiger charge is -2.20. The van der Waals surface area contributed by atoms with Crippen molar-refractivity contribution in [3.63, 3.8) is 0 Å². The molecule has 0 aromatic carbocycles. The van der Waals surface area contributed by atoms with Gasteiger partial charge in [0.1, 0.15) is 0 Å². The van der Waals surface area contributed by atoms with Gasteiger partial charge in [0.15, 0.2) is 0 Å². The minimum Gasteiger partial charge on any atom is -0.378 e. The van der Waals surface area contributed by atoms with E-state index in [1.807, 2.05) is 0 Å². The summed E-state index contributed by atoms with van der Waals surface area (Å²) in [6, 6.07) is 0.454. The predicted octanol–water partition coefficient (Wildman–Crippen LogP) is 1.33. The van der Waals surface area contributed by atoms with E-state index in [1.165, 1.54) is 12.8 Å². The maximum absolute atomic E-state index is 5.30. The van der Waals surface area contributed by atoms with Gasteiger partial charge in [0, 0.05) is 12.6 Å². The average Bonchev–Trinajstić information content (AvgIpc) is 2.07. The average molecular weight is 155 g/mol. The van der Waals surface area contributed by atoms with Gasteiger partial charge in [0.2, 0.25) is 0 Å². The smallest absolute Gasteiger partial charge is 0.0656 e. The molecule has 1 saturated heterocycles. The highest BCUT2D eigenvalue weighted by atomic mass is 16.5. The first kappa shape index (κ1) is 8.75. The van der Waals surface area contributed by atoms with Crippen molar-refractivity contribution in [2.45, 2.75) is 25.8 Å². The lowest BCUT2D eigenvalue weighted by atomic mass is 10.2. The fraction of sp³-hybridized carbons (Fsp3) is 0.778. The molecule has 1 aliphatic heterocycles. The normalized spacial score (nSPS) is 26.1. The molecular formula is C9H17NO. The van der Waals surface area contributed by atoms with Gasteiger partial charge in [0.05, 0.1) is 13.2 Å². The van der Waals surface area contributed by atoms with Gasteiger partial charge in [0.25, 0.3) is 0 Å². The SMILES string of the molecule is CCC/C=C/C1COCCN1. The van der Waals surface area contributed by atoms with E-state index >= 15 is 0 Å². The fourth-order valence-electron chi connectivity index (χ4n) is 1.14. The first-order valence-corrected chi connectivity index (χ1v) is 4.41. The molecule has 0 amide bonds. The van der Waals surface area contributed by atoms with Crippen LogP contribution in [0.4, 0.5) is 0 Å². The second kappa shape index (κ2) is 5.33. The van der Waals surface area contributed by atoms with Crippen molar-refractivity contribution in [2.24, 2.45) is 0 Å². The quantitative estimate of drug-likeness (QED) is 0.621. The highest BCUT2D eigenvalue weighted by Gasteiger charge is 2.07. The highest BCUT2D eigenvalue weighted by Crippen LogP contribution is 1.96. The third-order valence-electron chi connectivity index (χ3n) is 1.77. The van der Waals surface area contributed by atoms with Gasteiger partial charge in [-0.05, 0) is 6.42 Å². The molecule has 1 atom stereocenters. The second-order valence-electron chi connectivity index (χ2n) is 2.85. The van der Waals surface area contributed by atoms with Crippen molar-refractivity contribution >= 4 is 0 Å². The largest absolute Gasteiger partial charge is 0.378 e. The van der Waals surface area contributed by atoms with Gasteiger partial charge >= 0.3 is 0 Å². The number of rotatable bonds is 3. The number of hydrogen-bond donors (Lipinski definition) is 1. The Kier molecular flexibility index (Phi) is 4.24. The molecule has 0 radical (unpaired) electrons. The molecule has 1 unspecified atom stereocenters. The number of ether oxygens (including phenoxy) is 1. The van der Waals surface area contributed by atoms with Crippen LogP contribution in [0.1, 0.15) is 19.8 Å². The predicted molar refractivity (Wildman–Crippen MR) is 46.7 cm³/mol. The van der Waals surface area contributed by atoms with Gasteiger partial charge in [-0.15, -0.1) is 0 Å². The first-order valence-electron chi connectivity index (χ1n) is 4.41. The van der Waals surface area contributed by atoms with Crippen LogP contribution in [0.2, 0.25) is 0 Å². The van der Waals surface area contributed by atoms with Gasteiger partial charge in [-0.2, -0.15) is 0 Å². The standard InChI is InChI=1S/C9H17NO/c1-2-3-4-5-9-8-11-7-6-10-9/h4-5,9-10H,2-3,6-8H2,1H3/b5-4+. The van der Waals surface area contributed by atoms with Crippen LogP contribution in [-0.4, -0.2) is 25.8 Å². The number of nitrogens with one attached hydrogen (secondary N) is 1. The van der Waals surface area contributed by atoms with Crippen LogP contribution in [-0.2, 0) is 4.74 Å². The van der Waals surface area contributed by atoms with Crippen LogP contribution < -0.4 is 5.32 Å². The summed E-state index contributed by atoms with van der Waals surface area (Å²) in [6.07, 6.45) is 6.84. The van der Waals surface area contributed by atoms with Gasteiger partial charge < -0.3 is 10.1 Å². The van der Waals surface area contributed by atoms with E-state index in [2.05, 4.69) is 24.4 Å². The summed E-state index contributed by atoms with van der Waals surface area (Å²) in [5, 5.41) is 3.37. The Morgan fingerprint density at radius 1 is 1.64 bits per heavy atom. The van der Waals surface area contributed by atoms with Crippen molar-refractivity contribution in [1.29, 1.82) is 0 Å². The van der Waals surface area contributed by atoms with Crippen molar-refractivity contribution < 1.29 is 4.74 Å². The summed E-state index contributed by atoms with van der Waals surface area (Å²) in [6.45, 7) is 4.87. The molecule has 0 aromatic heterocycles. The van der Waals surface area contributed by atoms with Crippen LogP contribution in [0.3, 0.4) is 0 Å². The Bertz CT molecular complexity index is 117. The summed E-state index contributed by atoms with van der Waals surface area (Å²) >= 11 is 0. The number of allylic oxidation sites excluding steroid dienone is 1. The third kappa shape index (κ3) is 3.54. The topological polar surface area (TPSA) is 21.3 Å². The van der Waals surface area contributed by atoms with Crippen molar-refractivity contribution in [3.8, 4) is 0 Å². The van der Waals surface area contributed by atoms with E-state index in [0.29, 0.717) is 6.04 Å². The number of hydrogen-bond acceptors (Lipinski definition) is 2. The zero-order valence-electron chi connectivity index (χ0n) is 7.18. The van der Waals surface area contributed by atoms with E-state index in [9.17, 15) is 0 Å². The maximum Gasteiger partial charge on any atom is 0.0656 e. The molecule has 0 bridgehead atoms. The molecule has 2 heteroatoms. The molecule has 0 saturated carbocycles. The zero-order valence-corrected chi connectivity index (χ0v) is 7.18. The van der Waals surface area contributed by atoms with E-state index in [4.69, 9.17) is 4.74 Å². The lowest BCUT2D eigenvalue weighted by Crippen LogP contribution is -2.39. The summed E-state index contributed by atoms with van der Waals surface area (Å²) in [5.41, 5.74) is 0. The number of unbranched alkanes of at least 4 members (excludes halogenated alkanes) is 1. The Morgan fingerprint density at radius 3 is 3.18 bits per heavy atom. The van der Waals surface area contributed by atoms with Crippen LogP contribution in [0.15, 0.2) is 12.2 Å². The molecule has 1 fully saturated rings. The minimum absolute atomic E-state index is 0.454. The van der Waals surface area contributed by atoms with Crippen molar-refractivity contribution in [1.82, 2.24) is 5.32 Å². The Labute approximate surface area is 68.6 Å². The summed E-state index contributed by atoms with van der Waals surface area (Å²) < 4.78 is 5.30. The molecule has 1 aliphatic rings. The molecule has 0 aliphatic carbocycles. The summed E-state index contributed by atoms with van der Waals surface area (Å²) in [7, 11) is 0. The molecule has 1 N–H and O–H groups in total. The molecule has 1 rings (SSSR count). The van der Waals surface area contributed by atoms with E-state index in [-0.39, 0.29) is 0 Å². The first-order chi connectivity index (χ1) is 5.43. The van der Waals surface area contributed by atoms with Crippen LogP contribution in [0, 0.1) is 0 Å². The van der Waals surface area contributed by atoms with Crippen molar-refractivity contribution in [3.05, 3.63) is 12.2 Å². The Balaban J connectivity index is 2.13. The molecule has 11 heavy (non-hydrogen) atoms. The molecular weight excluding hydrogens is 138 g/mol. The lowest BCUT2D eigenvalue weighted by molar-refractivity contribution is 0.0900. The summed E-state index contributed by atoms with van der Waals surface area (Å²) in [4.78, 5) is 0. The zero-order chi connectivity index (χ0) is 7.94. The second-order valence-corrected chi connectivity index (χ2v) is 2.85. The van der Waals surface area contributed by atoms with Crippen LogP contribution in [0.25, 0.3) is 0 Å². The molecule has 0 aromatic rings. The van der Waals surface area contributed by atoms with Crippen LogP contribution in [0.5, 0.6) is 0 Å². The van der Waals surface area contributed by atoms with Gasteiger partial charge in [-0.3, -0.25) is 0 Å². The molecule has 1 heterocycles. The Morgan fingerprint density at radius 2 is 2.55 bits per heavy atom. The summed E-state index contributed by atoms with van der Waals surface area (Å²) in [5.74, 6) is 0. The van der Waals surface area contributed by atoms with Crippen molar-refractivity contribution in [2.75, 3.05) is 19.8 Å². The Hall–Kier alpha value is -0.340. The third-order valence-corrected chi connectivity index (χ3v) is 1.77. The van der Waals surface area contributed by atoms with Gasteiger partial charge in [-0.25, -0.2) is 0 Å². The van der Waals surface area contributed by atoms with E-state index < -0.39 is 0 Å². The maximum atomic E-state index is 5.30. The number of morpholine rings is 1. The monoisotopic (exact) mass is 155 g/mol. The minimum atomic E-state index is 0.454.